The minimum atomic E-state index is -3.61. The van der Waals surface area contributed by atoms with E-state index in [1.54, 1.807) is 23.1 Å². The van der Waals surface area contributed by atoms with Gasteiger partial charge in [0.1, 0.15) is 0 Å². The maximum Gasteiger partial charge on any atom is 0.240 e. The van der Waals surface area contributed by atoms with Crippen LogP contribution in [0.25, 0.3) is 0 Å². The zero-order valence-electron chi connectivity index (χ0n) is 14.6. The van der Waals surface area contributed by atoms with E-state index in [2.05, 4.69) is 4.72 Å². The average Bonchev–Trinajstić information content (AvgIpc) is 2.89. The third-order valence-electron chi connectivity index (χ3n) is 4.63. The summed E-state index contributed by atoms with van der Waals surface area (Å²) < 4.78 is 27.9. The first-order chi connectivity index (χ1) is 11.8. The third-order valence-corrected chi connectivity index (χ3v) is 6.03. The van der Waals surface area contributed by atoms with Gasteiger partial charge in [0.15, 0.2) is 0 Å². The Hall–Kier alpha value is -2.18. The summed E-state index contributed by atoms with van der Waals surface area (Å²) in [4.78, 5) is 13.7. The van der Waals surface area contributed by atoms with Crippen molar-refractivity contribution in [1.29, 1.82) is 0 Å². The first-order valence-electron chi connectivity index (χ1n) is 8.26. The Labute approximate surface area is 148 Å². The number of carbonyl (C=O) groups is 1. The van der Waals surface area contributed by atoms with E-state index in [4.69, 9.17) is 0 Å². The Morgan fingerprint density at radius 1 is 1.24 bits per heavy atom. The van der Waals surface area contributed by atoms with Gasteiger partial charge in [-0.15, -0.1) is 0 Å². The molecule has 2 aromatic rings. The molecule has 25 heavy (non-hydrogen) atoms. The molecule has 2 aromatic carbocycles. The summed E-state index contributed by atoms with van der Waals surface area (Å²) in [5.74, 6) is -0.0282. The normalized spacial score (nSPS) is 16.8. The highest BCUT2D eigenvalue weighted by Crippen LogP contribution is 2.33. The number of benzene rings is 2. The van der Waals surface area contributed by atoms with Crippen molar-refractivity contribution in [3.8, 4) is 0 Å². The summed E-state index contributed by atoms with van der Waals surface area (Å²) in [7, 11) is -3.61. The van der Waals surface area contributed by atoms with E-state index in [-0.39, 0.29) is 23.4 Å². The van der Waals surface area contributed by atoms with Gasteiger partial charge in [-0.25, -0.2) is 13.1 Å². The second-order valence-electron chi connectivity index (χ2n) is 6.48. The van der Waals surface area contributed by atoms with Gasteiger partial charge in [-0.1, -0.05) is 24.3 Å². The highest BCUT2D eigenvalue weighted by Gasteiger charge is 2.30. The second-order valence-corrected chi connectivity index (χ2v) is 8.25. The van der Waals surface area contributed by atoms with Crippen LogP contribution in [0.1, 0.15) is 30.5 Å². The van der Waals surface area contributed by atoms with E-state index in [1.807, 2.05) is 38.1 Å². The first-order valence-corrected chi connectivity index (χ1v) is 9.75. The number of anilines is 1. The molecule has 0 saturated carbocycles. The van der Waals surface area contributed by atoms with Gasteiger partial charge >= 0.3 is 0 Å². The predicted octanol–water partition coefficient (Wildman–Crippen LogP) is 2.77. The third kappa shape index (κ3) is 3.45. The van der Waals surface area contributed by atoms with E-state index < -0.39 is 10.0 Å². The van der Waals surface area contributed by atoms with Gasteiger partial charge in [-0.3, -0.25) is 4.79 Å². The number of rotatable bonds is 4. The fraction of sp³-hybridized carbons (Fsp3) is 0.316. The topological polar surface area (TPSA) is 66.5 Å². The van der Waals surface area contributed by atoms with Crippen LogP contribution < -0.4 is 9.62 Å². The fourth-order valence-corrected chi connectivity index (χ4v) is 4.38. The summed E-state index contributed by atoms with van der Waals surface area (Å²) in [5.41, 5.74) is 3.69. The van der Waals surface area contributed by atoms with Crippen LogP contribution in [0.4, 0.5) is 5.69 Å². The molecule has 1 unspecified atom stereocenters. The molecule has 1 heterocycles. The lowest BCUT2D eigenvalue weighted by Gasteiger charge is -2.20. The molecule has 1 N–H and O–H groups in total. The summed E-state index contributed by atoms with van der Waals surface area (Å²) in [6.07, 6.45) is 0.663. The number of nitrogens with zero attached hydrogens (tertiary/aromatic N) is 1. The van der Waals surface area contributed by atoms with Crippen LogP contribution in [0.15, 0.2) is 47.4 Å². The first kappa shape index (κ1) is 17.6. The van der Waals surface area contributed by atoms with Crippen molar-refractivity contribution in [2.45, 2.75) is 44.7 Å². The van der Waals surface area contributed by atoms with E-state index in [0.717, 1.165) is 22.4 Å². The number of hydrogen-bond donors (Lipinski definition) is 1. The monoisotopic (exact) mass is 358 g/mol. The van der Waals surface area contributed by atoms with Crippen LogP contribution >= 0.6 is 0 Å². The maximum atomic E-state index is 12.6. The molecule has 1 amide bonds. The molecule has 0 aliphatic carbocycles. The van der Waals surface area contributed by atoms with Gasteiger partial charge in [0.25, 0.3) is 0 Å². The van der Waals surface area contributed by atoms with Crippen LogP contribution in [0.5, 0.6) is 0 Å². The summed E-state index contributed by atoms with van der Waals surface area (Å²) >= 11 is 0. The standard InChI is InChI=1S/C19H22N2O3S/c1-13-6-4-5-7-16(13)12-20-25(23,24)18-8-9-19-17(11-18)10-14(2)21(19)15(3)22/h4-9,11,14,20H,10,12H2,1-3H3. The lowest BCUT2D eigenvalue weighted by molar-refractivity contribution is -0.116. The van der Waals surface area contributed by atoms with Crippen molar-refractivity contribution in [3.05, 3.63) is 59.2 Å². The number of carbonyl (C=O) groups excluding carboxylic acids is 1. The number of sulfonamides is 1. The zero-order chi connectivity index (χ0) is 18.2. The molecule has 0 fully saturated rings. The largest absolute Gasteiger partial charge is 0.309 e. The molecule has 0 aromatic heterocycles. The molecule has 3 rings (SSSR count). The molecule has 0 saturated heterocycles. The molecule has 1 aliphatic rings. The summed E-state index contributed by atoms with van der Waals surface area (Å²) in [6.45, 7) is 5.70. The fourth-order valence-electron chi connectivity index (χ4n) is 3.32. The van der Waals surface area contributed by atoms with E-state index >= 15 is 0 Å². The van der Waals surface area contributed by atoms with Gasteiger partial charge in [0.2, 0.25) is 15.9 Å². The van der Waals surface area contributed by atoms with Crippen LogP contribution in [-0.4, -0.2) is 20.4 Å². The second kappa shape index (κ2) is 6.61. The van der Waals surface area contributed by atoms with Crippen LogP contribution in [0.3, 0.4) is 0 Å². The van der Waals surface area contributed by atoms with Gasteiger partial charge in [0, 0.05) is 25.2 Å². The molecule has 5 nitrogen and oxygen atoms in total. The number of amides is 1. The van der Waals surface area contributed by atoms with Gasteiger partial charge in [-0.05, 0) is 55.2 Å². The van der Waals surface area contributed by atoms with Crippen molar-refractivity contribution in [1.82, 2.24) is 4.72 Å². The van der Waals surface area contributed by atoms with E-state index in [9.17, 15) is 13.2 Å². The SMILES string of the molecule is CC(=O)N1c2ccc(S(=O)(=O)NCc3ccccc3C)cc2CC1C. The number of hydrogen-bond acceptors (Lipinski definition) is 3. The van der Waals surface area contributed by atoms with Crippen molar-refractivity contribution < 1.29 is 13.2 Å². The Bertz CT molecular complexity index is 922. The Balaban J connectivity index is 1.84. The lowest BCUT2D eigenvalue weighted by atomic mass is 10.1. The highest BCUT2D eigenvalue weighted by molar-refractivity contribution is 7.89. The van der Waals surface area contributed by atoms with Gasteiger partial charge < -0.3 is 4.90 Å². The van der Waals surface area contributed by atoms with Crippen molar-refractivity contribution >= 4 is 21.6 Å². The van der Waals surface area contributed by atoms with Crippen molar-refractivity contribution in [2.24, 2.45) is 0 Å². The van der Waals surface area contributed by atoms with E-state index in [1.165, 1.54) is 6.92 Å². The molecule has 0 bridgehead atoms. The molecule has 6 heteroatoms. The molecular weight excluding hydrogens is 336 g/mol. The minimum Gasteiger partial charge on any atom is -0.309 e. The number of nitrogens with one attached hydrogen (secondary N) is 1. The molecule has 1 atom stereocenters. The number of aryl methyl sites for hydroxylation is 1. The minimum absolute atomic E-state index is 0.0282. The Morgan fingerprint density at radius 3 is 2.64 bits per heavy atom. The van der Waals surface area contributed by atoms with Crippen LogP contribution in [0.2, 0.25) is 0 Å². The van der Waals surface area contributed by atoms with E-state index in [0.29, 0.717) is 6.42 Å². The van der Waals surface area contributed by atoms with Crippen molar-refractivity contribution in [3.63, 3.8) is 0 Å². The summed E-state index contributed by atoms with van der Waals surface area (Å²) in [5, 5.41) is 0. The maximum absolute atomic E-state index is 12.6. The Kier molecular flexibility index (Phi) is 4.67. The van der Waals surface area contributed by atoms with Crippen LogP contribution in [0, 0.1) is 6.92 Å². The highest BCUT2D eigenvalue weighted by atomic mass is 32.2. The smallest absolute Gasteiger partial charge is 0.240 e. The molecule has 132 valence electrons. The van der Waals surface area contributed by atoms with Gasteiger partial charge in [-0.2, -0.15) is 0 Å². The zero-order valence-corrected chi connectivity index (χ0v) is 15.4. The Morgan fingerprint density at radius 2 is 1.96 bits per heavy atom. The molecule has 0 radical (unpaired) electrons. The molecule has 1 aliphatic heterocycles. The average molecular weight is 358 g/mol. The van der Waals surface area contributed by atoms with Crippen molar-refractivity contribution in [2.75, 3.05) is 4.90 Å². The predicted molar refractivity (Wildman–Crippen MR) is 98.0 cm³/mol. The van der Waals surface area contributed by atoms with Gasteiger partial charge in [0.05, 0.1) is 4.90 Å². The number of fused-ring (bicyclic) bond motifs is 1. The molecule has 0 spiro atoms. The molecular formula is C19H22N2O3S. The van der Waals surface area contributed by atoms with Crippen LogP contribution in [-0.2, 0) is 27.8 Å². The summed E-state index contributed by atoms with van der Waals surface area (Å²) in [6, 6.07) is 12.7. The quantitative estimate of drug-likeness (QED) is 0.914. The lowest BCUT2D eigenvalue weighted by Crippen LogP contribution is -2.33.